The topological polar surface area (TPSA) is 82.4 Å². The summed E-state index contributed by atoms with van der Waals surface area (Å²) in [5.74, 6) is 1.04. The largest absolute Gasteiger partial charge is 0.487 e. The Hall–Kier alpha value is -3.78. The molecular formula is C28H29N5O3. The van der Waals surface area contributed by atoms with Crippen molar-refractivity contribution in [2.45, 2.75) is 52.3 Å². The molecule has 8 heteroatoms. The summed E-state index contributed by atoms with van der Waals surface area (Å²) in [6, 6.07) is 12.0. The molecule has 2 aliphatic rings. The van der Waals surface area contributed by atoms with E-state index in [1.54, 1.807) is 10.9 Å². The molecule has 0 spiro atoms. The first-order chi connectivity index (χ1) is 17.5. The number of nitrogens with zero attached hydrogens (tertiary/aromatic N) is 5. The van der Waals surface area contributed by atoms with Crippen molar-refractivity contribution in [3.8, 4) is 17.1 Å². The van der Waals surface area contributed by atoms with Gasteiger partial charge in [-0.15, -0.1) is 0 Å². The smallest absolute Gasteiger partial charge is 0.280 e. The van der Waals surface area contributed by atoms with Crippen LogP contribution in [0.4, 0.5) is 5.69 Å². The Kier molecular flexibility index (Phi) is 5.68. The summed E-state index contributed by atoms with van der Waals surface area (Å²) in [5.41, 5.74) is 5.24. The van der Waals surface area contributed by atoms with Crippen molar-refractivity contribution >= 4 is 22.5 Å². The number of carbonyl (C=O) groups is 1. The number of ether oxygens (including phenoxy) is 2. The van der Waals surface area contributed by atoms with E-state index in [4.69, 9.17) is 14.5 Å². The normalized spacial score (nSPS) is 20.2. The van der Waals surface area contributed by atoms with Crippen molar-refractivity contribution in [2.24, 2.45) is 0 Å². The molecule has 2 unspecified atom stereocenters. The number of aryl methyl sites for hydroxylation is 2. The van der Waals surface area contributed by atoms with Crippen LogP contribution in [-0.4, -0.2) is 44.9 Å². The van der Waals surface area contributed by atoms with Crippen molar-refractivity contribution in [1.29, 1.82) is 0 Å². The molecule has 2 aliphatic heterocycles. The third-order valence-corrected chi connectivity index (χ3v) is 6.98. The Morgan fingerprint density at radius 2 is 1.94 bits per heavy atom. The van der Waals surface area contributed by atoms with E-state index in [9.17, 15) is 4.79 Å². The molecule has 4 aromatic rings. The summed E-state index contributed by atoms with van der Waals surface area (Å²) >= 11 is 0. The Bertz CT molecular complexity index is 1460. The van der Waals surface area contributed by atoms with E-state index < -0.39 is 0 Å². The second-order valence-corrected chi connectivity index (χ2v) is 9.72. The average molecular weight is 484 g/mol. The molecule has 0 bridgehead atoms. The second-order valence-electron chi connectivity index (χ2n) is 9.72. The zero-order chi connectivity index (χ0) is 24.8. The fourth-order valence-corrected chi connectivity index (χ4v) is 5.09. The number of hydrogen-bond donors (Lipinski definition) is 0. The highest BCUT2D eigenvalue weighted by Crippen LogP contribution is 2.35. The van der Waals surface area contributed by atoms with E-state index in [1.165, 1.54) is 5.56 Å². The molecule has 0 saturated carbocycles. The van der Waals surface area contributed by atoms with Gasteiger partial charge < -0.3 is 14.4 Å². The molecule has 36 heavy (non-hydrogen) atoms. The van der Waals surface area contributed by atoms with Gasteiger partial charge in [-0.3, -0.25) is 4.79 Å². The SMILES string of the molecule is Cc1ccc2nc(-c3ccc(N4C(=O)c5c(cnn5C5CCCCO5)OCC4C)c(C)c3)ncc2c1. The van der Waals surface area contributed by atoms with Gasteiger partial charge in [0.05, 0.1) is 17.8 Å². The summed E-state index contributed by atoms with van der Waals surface area (Å²) in [4.78, 5) is 25.1. The molecule has 2 aromatic carbocycles. The van der Waals surface area contributed by atoms with Crippen LogP contribution in [0.25, 0.3) is 22.3 Å². The Morgan fingerprint density at radius 3 is 2.75 bits per heavy atom. The number of carbonyl (C=O) groups excluding carboxylic acids is 1. The van der Waals surface area contributed by atoms with Gasteiger partial charge in [-0.05, 0) is 75.9 Å². The van der Waals surface area contributed by atoms with Crippen LogP contribution in [-0.2, 0) is 4.74 Å². The van der Waals surface area contributed by atoms with Crippen molar-refractivity contribution in [1.82, 2.24) is 19.7 Å². The van der Waals surface area contributed by atoms with Crippen LogP contribution in [0.15, 0.2) is 48.8 Å². The molecule has 0 N–H and O–H groups in total. The first kappa shape index (κ1) is 22.7. The van der Waals surface area contributed by atoms with E-state index in [2.05, 4.69) is 29.1 Å². The quantitative estimate of drug-likeness (QED) is 0.397. The van der Waals surface area contributed by atoms with Crippen LogP contribution in [0, 0.1) is 13.8 Å². The predicted octanol–water partition coefficient (Wildman–Crippen LogP) is 5.24. The van der Waals surface area contributed by atoms with Crippen molar-refractivity contribution < 1.29 is 14.3 Å². The number of aromatic nitrogens is 4. The van der Waals surface area contributed by atoms with Crippen LogP contribution in [0.2, 0.25) is 0 Å². The highest BCUT2D eigenvalue weighted by Gasteiger charge is 2.36. The van der Waals surface area contributed by atoms with Gasteiger partial charge in [0.15, 0.2) is 23.5 Å². The maximum atomic E-state index is 14.0. The number of hydrogen-bond acceptors (Lipinski definition) is 6. The zero-order valence-electron chi connectivity index (χ0n) is 20.8. The molecule has 1 fully saturated rings. The number of amides is 1. The first-order valence-corrected chi connectivity index (χ1v) is 12.5. The average Bonchev–Trinajstić information content (AvgIpc) is 3.28. The number of fused-ring (bicyclic) bond motifs is 2. The first-order valence-electron chi connectivity index (χ1n) is 12.5. The standard InChI is InChI=1S/C28H29N5O3/c1-17-7-9-22-21(12-17)14-29-27(31-22)20-8-10-23(18(2)13-20)32-19(3)16-36-24-15-30-33(26(24)28(32)34)25-6-4-5-11-35-25/h7-10,12-15,19,25H,4-6,11,16H2,1-3H3. The van der Waals surface area contributed by atoms with E-state index in [1.807, 2.05) is 49.2 Å². The van der Waals surface area contributed by atoms with Gasteiger partial charge in [-0.25, -0.2) is 14.6 Å². The molecule has 1 amide bonds. The van der Waals surface area contributed by atoms with Crippen LogP contribution >= 0.6 is 0 Å². The summed E-state index contributed by atoms with van der Waals surface area (Å²) in [7, 11) is 0. The molecule has 0 radical (unpaired) electrons. The van der Waals surface area contributed by atoms with Gasteiger partial charge in [-0.2, -0.15) is 5.10 Å². The van der Waals surface area contributed by atoms with Crippen LogP contribution < -0.4 is 9.64 Å². The maximum Gasteiger partial charge on any atom is 0.280 e. The van der Waals surface area contributed by atoms with E-state index in [-0.39, 0.29) is 18.2 Å². The number of rotatable bonds is 3. The predicted molar refractivity (Wildman–Crippen MR) is 137 cm³/mol. The third kappa shape index (κ3) is 3.91. The molecule has 1 saturated heterocycles. The van der Waals surface area contributed by atoms with Crippen molar-refractivity contribution in [2.75, 3.05) is 18.1 Å². The Labute approximate surface area is 209 Å². The summed E-state index contributed by atoms with van der Waals surface area (Å²) in [5, 5.41) is 5.49. The summed E-state index contributed by atoms with van der Waals surface area (Å²) in [6.45, 7) is 7.12. The molecule has 184 valence electrons. The summed E-state index contributed by atoms with van der Waals surface area (Å²) in [6.07, 6.45) is 6.15. The fourth-order valence-electron chi connectivity index (χ4n) is 5.09. The fraction of sp³-hybridized carbons (Fsp3) is 0.357. The van der Waals surface area contributed by atoms with Gasteiger partial charge in [0, 0.05) is 29.4 Å². The van der Waals surface area contributed by atoms with E-state index in [0.717, 1.165) is 47.0 Å². The minimum atomic E-state index is -0.248. The zero-order valence-corrected chi connectivity index (χ0v) is 20.8. The number of benzene rings is 2. The molecule has 2 aromatic heterocycles. The van der Waals surface area contributed by atoms with Crippen LogP contribution in [0.5, 0.6) is 5.75 Å². The highest BCUT2D eigenvalue weighted by molar-refractivity contribution is 6.08. The van der Waals surface area contributed by atoms with Gasteiger partial charge in [0.2, 0.25) is 0 Å². The lowest BCUT2D eigenvalue weighted by molar-refractivity contribution is -0.0406. The number of anilines is 1. The van der Waals surface area contributed by atoms with E-state index in [0.29, 0.717) is 30.5 Å². The molecule has 2 atom stereocenters. The minimum absolute atomic E-state index is 0.130. The van der Waals surface area contributed by atoms with Gasteiger partial charge in [0.25, 0.3) is 5.91 Å². The lowest BCUT2D eigenvalue weighted by atomic mass is 10.1. The molecule has 8 nitrogen and oxygen atoms in total. The minimum Gasteiger partial charge on any atom is -0.487 e. The molecule has 4 heterocycles. The monoisotopic (exact) mass is 483 g/mol. The lowest BCUT2D eigenvalue weighted by Gasteiger charge is -2.29. The van der Waals surface area contributed by atoms with Crippen molar-refractivity contribution in [3.05, 3.63) is 65.6 Å². The van der Waals surface area contributed by atoms with Gasteiger partial charge >= 0.3 is 0 Å². The van der Waals surface area contributed by atoms with Crippen LogP contribution in [0.1, 0.15) is 54.0 Å². The summed E-state index contributed by atoms with van der Waals surface area (Å²) < 4.78 is 13.7. The highest BCUT2D eigenvalue weighted by atomic mass is 16.5. The molecular weight excluding hydrogens is 454 g/mol. The van der Waals surface area contributed by atoms with Gasteiger partial charge in [-0.1, -0.05) is 11.6 Å². The Balaban J connectivity index is 1.36. The lowest BCUT2D eigenvalue weighted by Crippen LogP contribution is -2.41. The van der Waals surface area contributed by atoms with E-state index >= 15 is 0 Å². The molecule has 0 aliphatic carbocycles. The van der Waals surface area contributed by atoms with Crippen LogP contribution in [0.3, 0.4) is 0 Å². The molecule has 6 rings (SSSR count). The Morgan fingerprint density at radius 1 is 1.06 bits per heavy atom. The second kappa shape index (κ2) is 9.02. The third-order valence-electron chi connectivity index (χ3n) is 6.98. The maximum absolute atomic E-state index is 14.0. The van der Waals surface area contributed by atoms with Gasteiger partial charge in [0.1, 0.15) is 6.61 Å². The van der Waals surface area contributed by atoms with Crippen molar-refractivity contribution in [3.63, 3.8) is 0 Å².